The molecule has 3 heterocycles. The molecule has 5 heteroatoms. The average molecular weight is 646 g/mol. The molecule has 0 saturated heterocycles. The van der Waals surface area contributed by atoms with Gasteiger partial charge in [0.15, 0.2) is 0 Å². The average Bonchev–Trinajstić information content (AvgIpc) is 3.50. The molecule has 4 aromatic rings. The number of benzene rings is 2. The molecule has 0 spiro atoms. The van der Waals surface area contributed by atoms with E-state index in [0.717, 1.165) is 33.6 Å². The Kier molecular flexibility index (Phi) is 6.08. The van der Waals surface area contributed by atoms with Crippen LogP contribution in [0.25, 0.3) is 0 Å². The van der Waals surface area contributed by atoms with E-state index in [9.17, 15) is 0 Å². The van der Waals surface area contributed by atoms with Crippen LogP contribution >= 0.6 is 0 Å². The van der Waals surface area contributed by atoms with Crippen LogP contribution in [0.5, 0.6) is 0 Å². The van der Waals surface area contributed by atoms with E-state index in [1.54, 1.807) is 0 Å². The van der Waals surface area contributed by atoms with Gasteiger partial charge in [0.05, 0.1) is 27.9 Å². The second kappa shape index (κ2) is 8.30. The predicted molar refractivity (Wildman–Crippen MR) is 136 cm³/mol. The summed E-state index contributed by atoms with van der Waals surface area (Å²) in [6.45, 7) is 17.7. The summed E-state index contributed by atoms with van der Waals surface area (Å²) in [6, 6.07) is 24.7. The zero-order valence-corrected chi connectivity index (χ0v) is 24.2. The summed E-state index contributed by atoms with van der Waals surface area (Å²) in [4.78, 5) is 0. The molecular formula is C30H34N4Pt. The van der Waals surface area contributed by atoms with Gasteiger partial charge in [0.1, 0.15) is 0 Å². The summed E-state index contributed by atoms with van der Waals surface area (Å²) in [7, 11) is 0. The fraction of sp³-hybridized carbons (Fsp3) is 0.400. The fourth-order valence-corrected chi connectivity index (χ4v) is 4.84. The largest absolute Gasteiger partial charge is 2.00 e. The van der Waals surface area contributed by atoms with Crippen LogP contribution in [-0.4, -0.2) is 19.6 Å². The Balaban J connectivity index is 0.00000289. The minimum atomic E-state index is -0.357. The standard InChI is InChI=1S/C30H34N4.Pt/c1-27(2)21-11-9-13-23(19-21)29(5,6)33-17-15-25(31-33)28(3,4)26-16-18-34(32-26)30(7,8)24-14-10-12-22(27)20-24;/h9-18H,1-8H3;/q-2;+2. The molecule has 2 aromatic heterocycles. The minimum Gasteiger partial charge on any atom is -0.265 e. The number of aromatic nitrogens is 4. The first-order valence-electron chi connectivity index (χ1n) is 12.0. The van der Waals surface area contributed by atoms with Gasteiger partial charge in [-0.15, -0.1) is 11.1 Å². The van der Waals surface area contributed by atoms with Crippen molar-refractivity contribution in [1.29, 1.82) is 0 Å². The molecule has 0 N–H and O–H groups in total. The Morgan fingerprint density at radius 1 is 0.543 bits per heavy atom. The van der Waals surface area contributed by atoms with Crippen molar-refractivity contribution in [1.82, 2.24) is 19.6 Å². The Labute approximate surface area is 224 Å². The molecule has 0 unspecified atom stereocenters. The summed E-state index contributed by atoms with van der Waals surface area (Å²) in [5.74, 6) is 0. The Hall–Kier alpha value is -2.45. The summed E-state index contributed by atoms with van der Waals surface area (Å²) < 4.78 is 4.12. The monoisotopic (exact) mass is 645 g/mol. The van der Waals surface area contributed by atoms with Crippen LogP contribution in [0.4, 0.5) is 0 Å². The van der Waals surface area contributed by atoms with E-state index in [1.165, 1.54) is 0 Å². The molecule has 0 radical (unpaired) electrons. The second-order valence-electron chi connectivity index (χ2n) is 11.6. The zero-order chi connectivity index (χ0) is 24.5. The smallest absolute Gasteiger partial charge is 0.265 e. The van der Waals surface area contributed by atoms with E-state index in [4.69, 9.17) is 10.2 Å². The molecule has 0 atom stereocenters. The van der Waals surface area contributed by atoms with Crippen molar-refractivity contribution in [3.05, 3.63) is 107 Å². The van der Waals surface area contributed by atoms with Gasteiger partial charge in [-0.2, -0.15) is 69.9 Å². The van der Waals surface area contributed by atoms with Gasteiger partial charge >= 0.3 is 21.1 Å². The first-order chi connectivity index (χ1) is 15.8. The normalized spacial score (nSPS) is 19.0. The molecular weight excluding hydrogens is 611 g/mol. The van der Waals surface area contributed by atoms with Crippen LogP contribution in [0.1, 0.15) is 89.0 Å². The summed E-state index contributed by atoms with van der Waals surface area (Å²) >= 11 is 0. The van der Waals surface area contributed by atoms with E-state index in [0.29, 0.717) is 0 Å². The third-order valence-electron chi connectivity index (χ3n) is 7.86. The van der Waals surface area contributed by atoms with Crippen LogP contribution in [-0.2, 0) is 43.0 Å². The number of hydrogen-bond donors (Lipinski definition) is 0. The van der Waals surface area contributed by atoms with Crippen molar-refractivity contribution in [2.24, 2.45) is 0 Å². The third-order valence-corrected chi connectivity index (χ3v) is 7.86. The molecule has 0 amide bonds. The number of fused-ring (bicyclic) bond motifs is 8. The molecule has 0 saturated carbocycles. The van der Waals surface area contributed by atoms with Gasteiger partial charge in [-0.1, -0.05) is 13.8 Å². The van der Waals surface area contributed by atoms with Crippen LogP contribution in [0.15, 0.2) is 60.9 Å². The molecule has 8 bridgehead atoms. The molecule has 1 aliphatic rings. The Bertz CT molecular complexity index is 1270. The second-order valence-corrected chi connectivity index (χ2v) is 11.6. The van der Waals surface area contributed by atoms with Crippen molar-refractivity contribution < 1.29 is 21.1 Å². The van der Waals surface area contributed by atoms with Gasteiger partial charge in [-0.05, 0) is 59.1 Å². The first kappa shape index (κ1) is 25.6. The van der Waals surface area contributed by atoms with Gasteiger partial charge in [-0.3, -0.25) is 9.36 Å². The van der Waals surface area contributed by atoms with Gasteiger partial charge in [-0.25, -0.2) is 0 Å². The van der Waals surface area contributed by atoms with E-state index in [1.807, 2.05) is 0 Å². The summed E-state index contributed by atoms with van der Waals surface area (Å²) in [5, 5.41) is 10.1. The number of nitrogens with zero attached hydrogens (tertiary/aromatic N) is 4. The molecule has 0 fully saturated rings. The first-order valence-corrected chi connectivity index (χ1v) is 12.0. The van der Waals surface area contributed by atoms with Crippen molar-refractivity contribution in [3.63, 3.8) is 0 Å². The van der Waals surface area contributed by atoms with E-state index >= 15 is 0 Å². The van der Waals surface area contributed by atoms with E-state index < -0.39 is 0 Å². The molecule has 5 rings (SSSR count). The van der Waals surface area contributed by atoms with E-state index in [-0.39, 0.29) is 43.0 Å². The van der Waals surface area contributed by atoms with Crippen LogP contribution in [0.2, 0.25) is 0 Å². The van der Waals surface area contributed by atoms with Crippen molar-refractivity contribution in [3.8, 4) is 0 Å². The topological polar surface area (TPSA) is 35.6 Å². The van der Waals surface area contributed by atoms with Gasteiger partial charge in [0.25, 0.3) is 0 Å². The summed E-state index contributed by atoms with van der Waals surface area (Å²) in [5.41, 5.74) is 5.20. The number of hydrogen-bond acceptors (Lipinski definition) is 2. The van der Waals surface area contributed by atoms with Crippen molar-refractivity contribution >= 4 is 0 Å². The zero-order valence-electron chi connectivity index (χ0n) is 21.9. The fourth-order valence-electron chi connectivity index (χ4n) is 4.84. The molecule has 35 heavy (non-hydrogen) atoms. The summed E-state index contributed by atoms with van der Waals surface area (Å²) in [6.07, 6.45) is 4.16. The maximum absolute atomic E-state index is 5.07. The maximum atomic E-state index is 5.07. The quantitative estimate of drug-likeness (QED) is 0.213. The maximum Gasteiger partial charge on any atom is 2.00 e. The van der Waals surface area contributed by atoms with Crippen LogP contribution < -0.4 is 0 Å². The van der Waals surface area contributed by atoms with Crippen LogP contribution in [0.3, 0.4) is 0 Å². The predicted octanol–water partition coefficient (Wildman–Crippen LogP) is 6.21. The van der Waals surface area contributed by atoms with Gasteiger partial charge < -0.3 is 0 Å². The SMILES string of the molecule is CC1(C)c2[c-]c(ccc2)C(C)(C)n2ccc(n2)C(C)(C)c2ccn(n2)C(C)(C)c2[c-]c1ccc2.[Pt+2]. The van der Waals surface area contributed by atoms with E-state index in [2.05, 4.69) is 138 Å². The minimum absolute atomic E-state index is 0. The molecule has 4 nitrogen and oxygen atoms in total. The molecule has 184 valence electrons. The molecule has 2 aromatic carbocycles. The van der Waals surface area contributed by atoms with Crippen LogP contribution in [0, 0.1) is 12.1 Å². The number of rotatable bonds is 0. The van der Waals surface area contributed by atoms with Gasteiger partial charge in [0.2, 0.25) is 0 Å². The molecule has 0 aliphatic carbocycles. The Morgan fingerprint density at radius 2 is 0.914 bits per heavy atom. The van der Waals surface area contributed by atoms with Crippen molar-refractivity contribution in [2.45, 2.75) is 77.3 Å². The molecule has 1 aliphatic heterocycles. The van der Waals surface area contributed by atoms with Crippen molar-refractivity contribution in [2.75, 3.05) is 0 Å². The Morgan fingerprint density at radius 3 is 1.31 bits per heavy atom. The third kappa shape index (κ3) is 3.95. The van der Waals surface area contributed by atoms with Gasteiger partial charge in [0, 0.05) is 12.4 Å².